The summed E-state index contributed by atoms with van der Waals surface area (Å²) >= 11 is 3.35. The van der Waals surface area contributed by atoms with Crippen LogP contribution in [0.5, 0.6) is 0 Å². The minimum Gasteiger partial charge on any atom is -0.338 e. The zero-order chi connectivity index (χ0) is 12.3. The van der Waals surface area contributed by atoms with Crippen LogP contribution < -0.4 is 10.2 Å². The molecule has 0 unspecified atom stereocenters. The van der Waals surface area contributed by atoms with Gasteiger partial charge in [-0.2, -0.15) is 0 Å². The maximum absolute atomic E-state index is 4.34. The van der Waals surface area contributed by atoms with E-state index in [1.54, 1.807) is 12.4 Å². The van der Waals surface area contributed by atoms with E-state index in [1.165, 1.54) is 0 Å². The number of nitrogens with one attached hydrogen (secondary N) is 1. The molecule has 1 N–H and O–H groups in total. The number of rotatable bonds is 3. The maximum Gasteiger partial charge on any atom is 0.225 e. The molecule has 0 amide bonds. The van der Waals surface area contributed by atoms with E-state index in [2.05, 4.69) is 55.1 Å². The van der Waals surface area contributed by atoms with Crippen LogP contribution in [-0.4, -0.2) is 61.2 Å². The van der Waals surface area contributed by atoms with Crippen molar-refractivity contribution in [3.05, 3.63) is 16.9 Å². The highest BCUT2D eigenvalue weighted by molar-refractivity contribution is 9.10. The zero-order valence-corrected chi connectivity index (χ0v) is 11.8. The predicted molar refractivity (Wildman–Crippen MR) is 72.3 cm³/mol. The molecule has 1 aromatic heterocycles. The molecule has 94 valence electrons. The van der Waals surface area contributed by atoms with Crippen LogP contribution in [0, 0.1) is 0 Å². The van der Waals surface area contributed by atoms with Crippen LogP contribution in [0.4, 0.5) is 5.95 Å². The first-order chi connectivity index (χ1) is 8.15. The lowest BCUT2D eigenvalue weighted by molar-refractivity contribution is 0.322. The van der Waals surface area contributed by atoms with Crippen molar-refractivity contribution in [1.82, 2.24) is 20.2 Å². The van der Waals surface area contributed by atoms with Crippen molar-refractivity contribution >= 4 is 21.9 Å². The number of anilines is 1. The van der Waals surface area contributed by atoms with E-state index in [9.17, 15) is 0 Å². The summed E-state index contributed by atoms with van der Waals surface area (Å²) in [7, 11) is 4.19. The Morgan fingerprint density at radius 3 is 2.82 bits per heavy atom. The standard InChI is InChI=1S/C11H18BrN5/c1-16(2)7-10-8-17(4-3-13-10)11-14-5-9(12)6-15-11/h5-6,10,13H,3-4,7-8H2,1-2H3/t10-/m0/s1. The number of piperazine rings is 1. The summed E-state index contributed by atoms with van der Waals surface area (Å²) in [5, 5.41) is 3.51. The van der Waals surface area contributed by atoms with Crippen molar-refractivity contribution in [3.63, 3.8) is 0 Å². The molecule has 0 saturated carbocycles. The lowest BCUT2D eigenvalue weighted by Gasteiger charge is -2.34. The molecule has 0 radical (unpaired) electrons. The second kappa shape index (κ2) is 5.75. The van der Waals surface area contributed by atoms with Crippen molar-refractivity contribution in [1.29, 1.82) is 0 Å². The molecule has 1 atom stereocenters. The minimum atomic E-state index is 0.478. The van der Waals surface area contributed by atoms with Crippen molar-refractivity contribution < 1.29 is 0 Å². The number of hydrogen-bond acceptors (Lipinski definition) is 5. The second-order valence-electron chi connectivity index (χ2n) is 4.56. The molecule has 6 heteroatoms. The van der Waals surface area contributed by atoms with Gasteiger partial charge >= 0.3 is 0 Å². The Kier molecular flexibility index (Phi) is 4.31. The van der Waals surface area contributed by atoms with Gasteiger partial charge in [-0.05, 0) is 30.0 Å². The molecule has 2 heterocycles. The number of hydrogen-bond donors (Lipinski definition) is 1. The van der Waals surface area contributed by atoms with Crippen LogP contribution in [0.15, 0.2) is 16.9 Å². The first-order valence-electron chi connectivity index (χ1n) is 5.76. The summed E-state index contributed by atoms with van der Waals surface area (Å²) in [6.45, 7) is 3.94. The SMILES string of the molecule is CN(C)C[C@H]1CN(c2ncc(Br)cn2)CCN1. The number of nitrogens with zero attached hydrogens (tertiary/aromatic N) is 4. The fourth-order valence-electron chi connectivity index (χ4n) is 2.04. The van der Waals surface area contributed by atoms with Gasteiger partial charge in [-0.15, -0.1) is 0 Å². The molecule has 0 bridgehead atoms. The lowest BCUT2D eigenvalue weighted by atomic mass is 10.2. The van der Waals surface area contributed by atoms with Crippen molar-refractivity contribution in [2.75, 3.05) is 45.2 Å². The van der Waals surface area contributed by atoms with E-state index in [1.807, 2.05) is 0 Å². The average Bonchev–Trinajstić information content (AvgIpc) is 2.29. The highest BCUT2D eigenvalue weighted by Crippen LogP contribution is 2.12. The molecule has 0 spiro atoms. The lowest BCUT2D eigenvalue weighted by Crippen LogP contribution is -2.54. The zero-order valence-electron chi connectivity index (χ0n) is 10.2. The summed E-state index contributed by atoms with van der Waals surface area (Å²) in [5.41, 5.74) is 0. The van der Waals surface area contributed by atoms with E-state index in [0.29, 0.717) is 6.04 Å². The molecule has 1 aliphatic rings. The van der Waals surface area contributed by atoms with Gasteiger partial charge in [0.15, 0.2) is 0 Å². The number of likely N-dealkylation sites (N-methyl/N-ethyl adjacent to an activating group) is 1. The smallest absolute Gasteiger partial charge is 0.225 e. The van der Waals surface area contributed by atoms with Gasteiger partial charge in [-0.1, -0.05) is 0 Å². The molecular weight excluding hydrogens is 282 g/mol. The van der Waals surface area contributed by atoms with Crippen LogP contribution in [0.1, 0.15) is 0 Å². The molecule has 1 saturated heterocycles. The summed E-state index contributed by atoms with van der Waals surface area (Å²) in [6, 6.07) is 0.478. The Labute approximate surface area is 110 Å². The van der Waals surface area contributed by atoms with Crippen LogP contribution in [0.2, 0.25) is 0 Å². The summed E-state index contributed by atoms with van der Waals surface area (Å²) in [5.74, 6) is 0.818. The summed E-state index contributed by atoms with van der Waals surface area (Å²) in [4.78, 5) is 13.1. The molecule has 17 heavy (non-hydrogen) atoms. The predicted octanol–water partition coefficient (Wildman–Crippen LogP) is 0.579. The van der Waals surface area contributed by atoms with Crippen LogP contribution in [0.3, 0.4) is 0 Å². The normalized spacial score (nSPS) is 20.9. The molecule has 2 rings (SSSR count). The number of aromatic nitrogens is 2. The molecule has 0 aromatic carbocycles. The van der Waals surface area contributed by atoms with E-state index < -0.39 is 0 Å². The van der Waals surface area contributed by atoms with E-state index in [0.717, 1.165) is 36.6 Å². The first-order valence-corrected chi connectivity index (χ1v) is 6.55. The van der Waals surface area contributed by atoms with Gasteiger partial charge in [-0.3, -0.25) is 0 Å². The monoisotopic (exact) mass is 299 g/mol. The third-order valence-electron chi connectivity index (χ3n) is 2.73. The van der Waals surface area contributed by atoms with Gasteiger partial charge in [0.1, 0.15) is 0 Å². The van der Waals surface area contributed by atoms with E-state index in [-0.39, 0.29) is 0 Å². The van der Waals surface area contributed by atoms with Gasteiger partial charge in [0.25, 0.3) is 0 Å². The van der Waals surface area contributed by atoms with Gasteiger partial charge in [-0.25, -0.2) is 9.97 Å². The van der Waals surface area contributed by atoms with Crippen LogP contribution >= 0.6 is 15.9 Å². The Balaban J connectivity index is 1.99. The van der Waals surface area contributed by atoms with Gasteiger partial charge < -0.3 is 15.1 Å². The maximum atomic E-state index is 4.34. The van der Waals surface area contributed by atoms with Crippen molar-refractivity contribution in [3.8, 4) is 0 Å². The van der Waals surface area contributed by atoms with E-state index in [4.69, 9.17) is 0 Å². The fraction of sp³-hybridized carbons (Fsp3) is 0.636. The average molecular weight is 300 g/mol. The largest absolute Gasteiger partial charge is 0.338 e. The van der Waals surface area contributed by atoms with Crippen LogP contribution in [-0.2, 0) is 0 Å². The first kappa shape index (κ1) is 12.7. The third kappa shape index (κ3) is 3.62. The fourth-order valence-corrected chi connectivity index (χ4v) is 2.24. The second-order valence-corrected chi connectivity index (χ2v) is 5.48. The molecule has 0 aliphatic carbocycles. The quantitative estimate of drug-likeness (QED) is 0.884. The Hall–Kier alpha value is -0.720. The Morgan fingerprint density at radius 1 is 1.47 bits per heavy atom. The molecule has 5 nitrogen and oxygen atoms in total. The molecule has 1 aromatic rings. The molecule has 1 fully saturated rings. The van der Waals surface area contributed by atoms with Crippen LogP contribution in [0.25, 0.3) is 0 Å². The van der Waals surface area contributed by atoms with Gasteiger partial charge in [0.05, 0.1) is 4.47 Å². The third-order valence-corrected chi connectivity index (χ3v) is 3.14. The molecular formula is C11H18BrN5. The minimum absolute atomic E-state index is 0.478. The van der Waals surface area contributed by atoms with Gasteiger partial charge in [0.2, 0.25) is 5.95 Å². The van der Waals surface area contributed by atoms with E-state index >= 15 is 0 Å². The summed E-state index contributed by atoms with van der Waals surface area (Å²) in [6.07, 6.45) is 3.59. The van der Waals surface area contributed by atoms with Crippen molar-refractivity contribution in [2.24, 2.45) is 0 Å². The Bertz CT molecular complexity index is 353. The Morgan fingerprint density at radius 2 is 2.18 bits per heavy atom. The number of halogens is 1. The highest BCUT2D eigenvalue weighted by atomic mass is 79.9. The van der Waals surface area contributed by atoms with Crippen molar-refractivity contribution in [2.45, 2.75) is 6.04 Å². The van der Waals surface area contributed by atoms with Gasteiger partial charge in [0, 0.05) is 44.6 Å². The summed E-state index contributed by atoms with van der Waals surface area (Å²) < 4.78 is 0.918. The molecule has 1 aliphatic heterocycles. The topological polar surface area (TPSA) is 44.3 Å². The highest BCUT2D eigenvalue weighted by Gasteiger charge is 2.21.